The molecule has 3 rings (SSSR count). The van der Waals surface area contributed by atoms with E-state index in [2.05, 4.69) is 19.0 Å². The van der Waals surface area contributed by atoms with Gasteiger partial charge in [-0.3, -0.25) is 4.79 Å². The van der Waals surface area contributed by atoms with Crippen molar-refractivity contribution in [1.82, 2.24) is 5.16 Å². The summed E-state index contributed by atoms with van der Waals surface area (Å²) in [6.07, 6.45) is 1.77. The van der Waals surface area contributed by atoms with Crippen molar-refractivity contribution in [2.24, 2.45) is 5.41 Å². The van der Waals surface area contributed by atoms with E-state index in [1.807, 2.05) is 30.3 Å². The molecular weight excluding hydrogens is 278 g/mol. The molecule has 0 amide bonds. The number of aromatic nitrogens is 1. The number of fused-ring (bicyclic) bond motifs is 1. The summed E-state index contributed by atoms with van der Waals surface area (Å²) in [5, 5.41) is 13.8. The molecule has 1 aromatic carbocycles. The Hall–Kier alpha value is -1.94. The Morgan fingerprint density at radius 2 is 2.00 bits per heavy atom. The Morgan fingerprint density at radius 1 is 1.27 bits per heavy atom. The van der Waals surface area contributed by atoms with E-state index in [0.29, 0.717) is 29.9 Å². The molecular formula is C18H21NO3. The molecule has 4 heteroatoms. The predicted octanol–water partition coefficient (Wildman–Crippen LogP) is 3.15. The first-order valence-electron chi connectivity index (χ1n) is 7.66. The molecule has 1 aliphatic carbocycles. The molecule has 0 saturated heterocycles. The number of aliphatic hydroxyl groups excluding tert-OH is 1. The topological polar surface area (TPSA) is 63.3 Å². The van der Waals surface area contributed by atoms with Crippen molar-refractivity contribution >= 4 is 5.78 Å². The maximum atomic E-state index is 12.4. The second kappa shape index (κ2) is 5.69. The van der Waals surface area contributed by atoms with E-state index in [9.17, 15) is 9.90 Å². The van der Waals surface area contributed by atoms with Crippen molar-refractivity contribution in [1.29, 1.82) is 0 Å². The Kier molecular flexibility index (Phi) is 3.87. The highest BCUT2D eigenvalue weighted by Crippen LogP contribution is 2.37. The number of ketones is 1. The first-order chi connectivity index (χ1) is 10.5. The fourth-order valence-corrected chi connectivity index (χ4v) is 3.21. The van der Waals surface area contributed by atoms with Gasteiger partial charge in [-0.05, 0) is 11.0 Å². The normalized spacial score (nSPS) is 18.0. The highest BCUT2D eigenvalue weighted by Gasteiger charge is 2.36. The molecule has 1 unspecified atom stereocenters. The molecule has 116 valence electrons. The number of Topliss-reactive ketones (excluding diaryl/α,β-unsaturated/α-hetero) is 1. The average Bonchev–Trinajstić information content (AvgIpc) is 2.87. The Balaban J connectivity index is 1.88. The fraction of sp³-hybridized carbons (Fsp3) is 0.444. The molecule has 0 spiro atoms. The summed E-state index contributed by atoms with van der Waals surface area (Å²) >= 11 is 0. The fourth-order valence-electron chi connectivity index (χ4n) is 3.21. The van der Waals surface area contributed by atoms with Gasteiger partial charge < -0.3 is 9.63 Å². The zero-order valence-corrected chi connectivity index (χ0v) is 13.0. The van der Waals surface area contributed by atoms with Crippen LogP contribution in [0.3, 0.4) is 0 Å². The van der Waals surface area contributed by atoms with Crippen LogP contribution in [0.2, 0.25) is 0 Å². The SMILES string of the molecule is CC1(C)CC(=O)c2c(CC(CO)c3ccccc3)noc2C1. The summed E-state index contributed by atoms with van der Waals surface area (Å²) in [6.45, 7) is 4.15. The summed E-state index contributed by atoms with van der Waals surface area (Å²) in [6, 6.07) is 9.81. The zero-order valence-electron chi connectivity index (χ0n) is 13.0. The number of carbonyl (C=O) groups excluding carboxylic acids is 1. The van der Waals surface area contributed by atoms with Crippen LogP contribution in [0, 0.1) is 5.41 Å². The van der Waals surface area contributed by atoms with Gasteiger partial charge in [-0.2, -0.15) is 0 Å². The van der Waals surface area contributed by atoms with Gasteiger partial charge in [0, 0.05) is 25.2 Å². The van der Waals surface area contributed by atoms with Gasteiger partial charge >= 0.3 is 0 Å². The van der Waals surface area contributed by atoms with Crippen molar-refractivity contribution in [2.45, 2.75) is 39.0 Å². The van der Waals surface area contributed by atoms with Gasteiger partial charge in [0.05, 0.1) is 17.9 Å². The number of rotatable bonds is 4. The number of hydrogen-bond acceptors (Lipinski definition) is 4. The van der Waals surface area contributed by atoms with E-state index in [0.717, 1.165) is 12.0 Å². The third kappa shape index (κ3) is 2.83. The van der Waals surface area contributed by atoms with Crippen molar-refractivity contribution in [3.63, 3.8) is 0 Å². The van der Waals surface area contributed by atoms with E-state index in [1.54, 1.807) is 0 Å². The third-order valence-electron chi connectivity index (χ3n) is 4.32. The minimum absolute atomic E-state index is 0.0192. The van der Waals surface area contributed by atoms with Gasteiger partial charge in [-0.15, -0.1) is 0 Å². The van der Waals surface area contributed by atoms with Crippen LogP contribution in [-0.4, -0.2) is 22.7 Å². The summed E-state index contributed by atoms with van der Waals surface area (Å²) in [7, 11) is 0. The number of nitrogens with zero attached hydrogens (tertiary/aromatic N) is 1. The van der Waals surface area contributed by atoms with Crippen LogP contribution in [0.1, 0.15) is 53.6 Å². The number of carbonyl (C=O) groups is 1. The van der Waals surface area contributed by atoms with Gasteiger partial charge in [0.25, 0.3) is 0 Å². The van der Waals surface area contributed by atoms with Crippen LogP contribution in [0.4, 0.5) is 0 Å². The molecule has 0 radical (unpaired) electrons. The molecule has 0 fully saturated rings. The molecule has 1 aliphatic rings. The molecule has 4 nitrogen and oxygen atoms in total. The summed E-state index contributed by atoms with van der Waals surface area (Å²) in [5.41, 5.74) is 2.30. The van der Waals surface area contributed by atoms with Crippen LogP contribution >= 0.6 is 0 Å². The Labute approximate surface area is 130 Å². The van der Waals surface area contributed by atoms with E-state index >= 15 is 0 Å². The van der Waals surface area contributed by atoms with Gasteiger partial charge in [0.15, 0.2) is 5.78 Å². The standard InChI is InChI=1S/C18H21NO3/c1-18(2)9-15(21)17-14(19-22-16(17)10-18)8-13(11-20)12-6-4-3-5-7-12/h3-7,13,20H,8-11H2,1-2H3. The maximum absolute atomic E-state index is 12.4. The molecule has 1 aromatic heterocycles. The molecule has 1 atom stereocenters. The lowest BCUT2D eigenvalue weighted by molar-refractivity contribution is 0.0901. The molecule has 0 bridgehead atoms. The molecule has 0 aliphatic heterocycles. The van der Waals surface area contributed by atoms with Gasteiger partial charge in [-0.1, -0.05) is 49.3 Å². The summed E-state index contributed by atoms with van der Waals surface area (Å²) < 4.78 is 5.42. The van der Waals surface area contributed by atoms with Crippen molar-refractivity contribution in [3.8, 4) is 0 Å². The molecule has 0 saturated carbocycles. The van der Waals surface area contributed by atoms with Gasteiger partial charge in [-0.25, -0.2) is 0 Å². The minimum atomic E-state index is -0.0727. The van der Waals surface area contributed by atoms with Crippen LogP contribution in [0.15, 0.2) is 34.9 Å². The molecule has 2 aromatic rings. The third-order valence-corrected chi connectivity index (χ3v) is 4.32. The second-order valence-electron chi connectivity index (χ2n) is 6.86. The highest BCUT2D eigenvalue weighted by atomic mass is 16.5. The van der Waals surface area contributed by atoms with Crippen molar-refractivity contribution in [2.75, 3.05) is 6.61 Å². The van der Waals surface area contributed by atoms with Crippen LogP contribution in [0.25, 0.3) is 0 Å². The lowest BCUT2D eigenvalue weighted by Gasteiger charge is -2.26. The molecule has 22 heavy (non-hydrogen) atoms. The smallest absolute Gasteiger partial charge is 0.168 e. The van der Waals surface area contributed by atoms with Crippen molar-refractivity contribution in [3.05, 3.63) is 52.9 Å². The first-order valence-corrected chi connectivity index (χ1v) is 7.66. The lowest BCUT2D eigenvalue weighted by atomic mass is 9.75. The van der Waals surface area contributed by atoms with E-state index in [4.69, 9.17) is 4.52 Å². The lowest BCUT2D eigenvalue weighted by Crippen LogP contribution is -2.26. The highest BCUT2D eigenvalue weighted by molar-refractivity contribution is 5.99. The van der Waals surface area contributed by atoms with E-state index < -0.39 is 0 Å². The zero-order chi connectivity index (χ0) is 15.7. The van der Waals surface area contributed by atoms with E-state index in [-0.39, 0.29) is 23.7 Å². The summed E-state index contributed by atoms with van der Waals surface area (Å²) in [5.74, 6) is 0.728. The van der Waals surface area contributed by atoms with E-state index in [1.165, 1.54) is 0 Å². The van der Waals surface area contributed by atoms with Crippen molar-refractivity contribution < 1.29 is 14.4 Å². The largest absolute Gasteiger partial charge is 0.396 e. The molecule has 1 heterocycles. The monoisotopic (exact) mass is 299 g/mol. The Bertz CT molecular complexity index is 673. The predicted molar refractivity (Wildman–Crippen MR) is 82.9 cm³/mol. The molecule has 1 N–H and O–H groups in total. The summed E-state index contributed by atoms with van der Waals surface area (Å²) in [4.78, 5) is 12.4. The quantitative estimate of drug-likeness (QED) is 0.942. The van der Waals surface area contributed by atoms with Gasteiger partial charge in [0.2, 0.25) is 0 Å². The number of benzene rings is 1. The van der Waals surface area contributed by atoms with Crippen LogP contribution < -0.4 is 0 Å². The number of aliphatic hydroxyl groups is 1. The number of hydrogen-bond donors (Lipinski definition) is 1. The minimum Gasteiger partial charge on any atom is -0.396 e. The van der Waals surface area contributed by atoms with Crippen LogP contribution in [0.5, 0.6) is 0 Å². The second-order valence-corrected chi connectivity index (χ2v) is 6.86. The Morgan fingerprint density at radius 3 is 2.68 bits per heavy atom. The van der Waals surface area contributed by atoms with Gasteiger partial charge in [0.1, 0.15) is 5.76 Å². The maximum Gasteiger partial charge on any atom is 0.168 e. The van der Waals surface area contributed by atoms with Crippen LogP contribution in [-0.2, 0) is 12.8 Å². The average molecular weight is 299 g/mol. The first kappa shape index (κ1) is 15.0.